The van der Waals surface area contributed by atoms with Crippen molar-refractivity contribution in [2.24, 2.45) is 0 Å². The van der Waals surface area contributed by atoms with Crippen molar-refractivity contribution in [3.8, 4) is 5.75 Å². The summed E-state index contributed by atoms with van der Waals surface area (Å²) in [5, 5.41) is 3.36. The molecule has 0 aliphatic carbocycles. The molecular formula is C27H27Br2ClN2O3. The smallest absolute Gasteiger partial charge is 0.261 e. The van der Waals surface area contributed by atoms with Crippen LogP contribution in [0.4, 0.5) is 0 Å². The van der Waals surface area contributed by atoms with Crippen molar-refractivity contribution in [1.82, 2.24) is 10.2 Å². The van der Waals surface area contributed by atoms with Gasteiger partial charge >= 0.3 is 0 Å². The molecule has 184 valence electrons. The average Bonchev–Trinajstić information content (AvgIpc) is 2.84. The van der Waals surface area contributed by atoms with Gasteiger partial charge in [0, 0.05) is 28.5 Å². The minimum atomic E-state index is -0.709. The van der Waals surface area contributed by atoms with Crippen LogP contribution in [-0.4, -0.2) is 35.9 Å². The number of benzene rings is 3. The predicted molar refractivity (Wildman–Crippen MR) is 147 cm³/mol. The molecule has 3 rings (SSSR count). The molecule has 3 aromatic rings. The largest absolute Gasteiger partial charge is 0.482 e. The van der Waals surface area contributed by atoms with E-state index < -0.39 is 6.04 Å². The SMILES string of the molecule is CCCNC(=O)[C@H](Cc1ccccc1)N(Cc1cccc(Br)c1)C(=O)COc1ccc(Br)cc1Cl. The lowest BCUT2D eigenvalue weighted by atomic mass is 10.0. The van der Waals surface area contributed by atoms with E-state index in [1.165, 1.54) is 0 Å². The van der Waals surface area contributed by atoms with Crippen LogP contribution in [-0.2, 0) is 22.6 Å². The van der Waals surface area contributed by atoms with Crippen molar-refractivity contribution >= 4 is 55.3 Å². The summed E-state index contributed by atoms with van der Waals surface area (Å²) in [6.07, 6.45) is 1.18. The fraction of sp³-hybridized carbons (Fsp3) is 0.259. The quantitative estimate of drug-likeness (QED) is 0.269. The van der Waals surface area contributed by atoms with Crippen LogP contribution >= 0.6 is 43.5 Å². The summed E-state index contributed by atoms with van der Waals surface area (Å²) in [5.41, 5.74) is 1.86. The van der Waals surface area contributed by atoms with Crippen LogP contribution in [0.2, 0.25) is 5.02 Å². The Morgan fingerprint density at radius 1 is 0.971 bits per heavy atom. The normalized spacial score (nSPS) is 11.5. The molecule has 8 heteroatoms. The number of halogens is 3. The molecule has 0 bridgehead atoms. The molecule has 2 amide bonds. The molecule has 5 nitrogen and oxygen atoms in total. The number of hydrogen-bond acceptors (Lipinski definition) is 3. The third-order valence-corrected chi connectivity index (χ3v) is 6.59. The highest BCUT2D eigenvalue weighted by Gasteiger charge is 2.30. The molecule has 0 radical (unpaired) electrons. The molecule has 0 heterocycles. The van der Waals surface area contributed by atoms with E-state index in [9.17, 15) is 9.59 Å². The number of nitrogens with zero attached hydrogens (tertiary/aromatic N) is 1. The van der Waals surface area contributed by atoms with E-state index in [0.717, 1.165) is 26.5 Å². The van der Waals surface area contributed by atoms with E-state index in [-0.39, 0.29) is 25.0 Å². The third-order valence-electron chi connectivity index (χ3n) is 5.31. The van der Waals surface area contributed by atoms with Gasteiger partial charge in [-0.1, -0.05) is 92.8 Å². The second kappa shape index (κ2) is 13.7. The van der Waals surface area contributed by atoms with Crippen LogP contribution in [0.5, 0.6) is 5.75 Å². The second-order valence-electron chi connectivity index (χ2n) is 8.01. The topological polar surface area (TPSA) is 58.6 Å². The van der Waals surface area contributed by atoms with E-state index in [0.29, 0.717) is 23.7 Å². The van der Waals surface area contributed by atoms with Crippen molar-refractivity contribution in [1.29, 1.82) is 0 Å². The molecule has 1 N–H and O–H groups in total. The lowest BCUT2D eigenvalue weighted by Crippen LogP contribution is -2.51. The molecule has 35 heavy (non-hydrogen) atoms. The first-order valence-electron chi connectivity index (χ1n) is 11.3. The zero-order valence-electron chi connectivity index (χ0n) is 19.3. The highest BCUT2D eigenvalue weighted by Crippen LogP contribution is 2.28. The summed E-state index contributed by atoms with van der Waals surface area (Å²) in [6, 6.07) is 21.9. The summed E-state index contributed by atoms with van der Waals surface area (Å²) in [4.78, 5) is 28.4. The molecule has 0 spiro atoms. The fourth-order valence-electron chi connectivity index (χ4n) is 3.57. The molecule has 0 aliphatic heterocycles. The predicted octanol–water partition coefficient (Wildman–Crippen LogP) is 6.41. The first-order chi connectivity index (χ1) is 16.9. The van der Waals surface area contributed by atoms with Crippen LogP contribution in [0.25, 0.3) is 0 Å². The van der Waals surface area contributed by atoms with Crippen molar-refractivity contribution < 1.29 is 14.3 Å². The van der Waals surface area contributed by atoms with Crippen molar-refractivity contribution in [2.45, 2.75) is 32.4 Å². The summed E-state index contributed by atoms with van der Waals surface area (Å²) in [6.45, 7) is 2.54. The summed E-state index contributed by atoms with van der Waals surface area (Å²) >= 11 is 13.1. The lowest BCUT2D eigenvalue weighted by Gasteiger charge is -2.31. The Labute approximate surface area is 228 Å². The van der Waals surface area contributed by atoms with Gasteiger partial charge in [0.05, 0.1) is 5.02 Å². The van der Waals surface area contributed by atoms with E-state index in [2.05, 4.69) is 37.2 Å². The zero-order chi connectivity index (χ0) is 25.2. The van der Waals surface area contributed by atoms with E-state index in [4.69, 9.17) is 16.3 Å². The van der Waals surface area contributed by atoms with Crippen molar-refractivity contribution in [3.05, 3.63) is 97.9 Å². The highest BCUT2D eigenvalue weighted by molar-refractivity contribution is 9.10. The summed E-state index contributed by atoms with van der Waals surface area (Å²) in [7, 11) is 0. The average molecular weight is 623 g/mol. The van der Waals surface area contributed by atoms with Gasteiger partial charge < -0.3 is 15.0 Å². The fourth-order valence-corrected chi connectivity index (χ4v) is 4.74. The van der Waals surface area contributed by atoms with Crippen LogP contribution < -0.4 is 10.1 Å². The molecule has 0 saturated carbocycles. The summed E-state index contributed by atoms with van der Waals surface area (Å²) in [5.74, 6) is -0.0991. The van der Waals surface area contributed by atoms with Crippen LogP contribution in [0.1, 0.15) is 24.5 Å². The van der Waals surface area contributed by atoms with Crippen LogP contribution in [0.15, 0.2) is 81.7 Å². The minimum absolute atomic E-state index is 0.194. The van der Waals surface area contributed by atoms with E-state index in [1.54, 1.807) is 23.1 Å². The van der Waals surface area contributed by atoms with Gasteiger partial charge in [-0.2, -0.15) is 0 Å². The van der Waals surface area contributed by atoms with Gasteiger partial charge in [0.1, 0.15) is 11.8 Å². The standard InChI is InChI=1S/C27H27Br2ClN2O3/c1-2-13-31-27(34)24(15-19-7-4-3-5-8-19)32(17-20-9-6-10-21(28)14-20)26(33)18-35-25-12-11-22(29)16-23(25)30/h3-12,14,16,24H,2,13,15,17-18H2,1H3,(H,31,34)/t24-/m0/s1. The van der Waals surface area contributed by atoms with Gasteiger partial charge in [0.25, 0.3) is 5.91 Å². The molecule has 3 aromatic carbocycles. The van der Waals surface area contributed by atoms with Gasteiger partial charge in [-0.25, -0.2) is 0 Å². The Hall–Kier alpha value is -2.35. The van der Waals surface area contributed by atoms with Gasteiger partial charge in [-0.3, -0.25) is 9.59 Å². The molecule has 0 saturated heterocycles. The zero-order valence-corrected chi connectivity index (χ0v) is 23.3. The van der Waals surface area contributed by atoms with Gasteiger partial charge in [0.15, 0.2) is 6.61 Å². The number of carbonyl (C=O) groups is 2. The first kappa shape index (κ1) is 27.2. The third kappa shape index (κ3) is 8.37. The number of hydrogen-bond donors (Lipinski definition) is 1. The number of carbonyl (C=O) groups excluding carboxylic acids is 2. The Kier molecular flexibility index (Phi) is 10.6. The Bertz CT molecular complexity index is 1140. The van der Waals surface area contributed by atoms with Crippen LogP contribution in [0.3, 0.4) is 0 Å². The van der Waals surface area contributed by atoms with Crippen molar-refractivity contribution in [3.63, 3.8) is 0 Å². The lowest BCUT2D eigenvalue weighted by molar-refractivity contribution is -0.142. The summed E-state index contributed by atoms with van der Waals surface area (Å²) < 4.78 is 7.48. The Morgan fingerprint density at radius 2 is 1.69 bits per heavy atom. The Balaban J connectivity index is 1.90. The Morgan fingerprint density at radius 3 is 2.37 bits per heavy atom. The van der Waals surface area contributed by atoms with Gasteiger partial charge in [0.2, 0.25) is 5.91 Å². The van der Waals surface area contributed by atoms with E-state index >= 15 is 0 Å². The molecular weight excluding hydrogens is 596 g/mol. The molecule has 0 fully saturated rings. The number of rotatable bonds is 11. The molecule has 0 aliphatic rings. The highest BCUT2D eigenvalue weighted by atomic mass is 79.9. The van der Waals surface area contributed by atoms with E-state index in [1.807, 2.05) is 61.5 Å². The van der Waals surface area contributed by atoms with Crippen molar-refractivity contribution in [2.75, 3.05) is 13.2 Å². The van der Waals surface area contributed by atoms with Gasteiger partial charge in [-0.15, -0.1) is 0 Å². The monoisotopic (exact) mass is 620 g/mol. The first-order valence-corrected chi connectivity index (χ1v) is 13.3. The van der Waals surface area contributed by atoms with Gasteiger partial charge in [-0.05, 0) is 47.9 Å². The number of amides is 2. The molecule has 0 aromatic heterocycles. The second-order valence-corrected chi connectivity index (χ2v) is 10.3. The number of ether oxygens (including phenoxy) is 1. The maximum absolute atomic E-state index is 13.6. The molecule has 1 atom stereocenters. The molecule has 0 unspecified atom stereocenters. The maximum Gasteiger partial charge on any atom is 0.261 e. The maximum atomic E-state index is 13.6. The number of nitrogens with one attached hydrogen (secondary N) is 1. The van der Waals surface area contributed by atoms with Crippen LogP contribution in [0, 0.1) is 0 Å². The minimum Gasteiger partial charge on any atom is -0.482 e.